The highest BCUT2D eigenvalue weighted by Gasteiger charge is 2.58. The molecule has 0 amide bonds. The van der Waals surface area contributed by atoms with Crippen LogP contribution in [0.15, 0.2) is 29.3 Å². The van der Waals surface area contributed by atoms with Crippen LogP contribution in [0, 0.1) is 0 Å². The average molecular weight is 371 g/mol. The van der Waals surface area contributed by atoms with Crippen molar-refractivity contribution in [1.29, 1.82) is 0 Å². The zero-order chi connectivity index (χ0) is 18.4. The topological polar surface area (TPSA) is 84.8 Å². The van der Waals surface area contributed by atoms with Crippen LogP contribution in [0.5, 0.6) is 0 Å². The molecule has 1 atom stereocenters. The van der Waals surface area contributed by atoms with Gasteiger partial charge in [-0.1, -0.05) is 5.21 Å². The zero-order valence-electron chi connectivity index (χ0n) is 14.1. The average Bonchev–Trinajstić information content (AvgIpc) is 3.07. The predicted octanol–water partition coefficient (Wildman–Crippen LogP) is 0.154. The molecule has 1 aromatic heterocycles. The number of aromatic nitrogens is 3. The Labute approximate surface area is 148 Å². The van der Waals surface area contributed by atoms with Crippen LogP contribution in [0.25, 0.3) is 0 Å². The van der Waals surface area contributed by atoms with Crippen molar-refractivity contribution in [2.75, 3.05) is 39.4 Å². The van der Waals surface area contributed by atoms with Gasteiger partial charge < -0.3 is 15.4 Å². The number of alkyl halides is 3. The normalized spacial score (nSPS) is 28.5. The van der Waals surface area contributed by atoms with Gasteiger partial charge in [-0.2, -0.15) is 13.2 Å². The molecule has 11 heteroatoms. The number of nitrogens with two attached hydrogens (primary N) is 1. The summed E-state index contributed by atoms with van der Waals surface area (Å²) in [4.78, 5) is 8.35. The lowest BCUT2D eigenvalue weighted by molar-refractivity contribution is -0.200. The molecule has 1 unspecified atom stereocenters. The highest BCUT2D eigenvalue weighted by Crippen LogP contribution is 2.43. The fourth-order valence-corrected chi connectivity index (χ4v) is 3.55. The second kappa shape index (κ2) is 6.23. The molecule has 3 aliphatic rings. The molecule has 0 radical (unpaired) electrons. The molecule has 3 aliphatic heterocycles. The molecule has 4 heterocycles. The molecular weight excluding hydrogens is 351 g/mol. The number of rotatable bonds is 3. The van der Waals surface area contributed by atoms with Crippen LogP contribution in [-0.4, -0.2) is 82.2 Å². The summed E-state index contributed by atoms with van der Waals surface area (Å²) in [6.07, 6.45) is -1.52. The van der Waals surface area contributed by atoms with Gasteiger partial charge in [0.25, 0.3) is 0 Å². The fraction of sp³-hybridized carbons (Fsp3) is 0.667. The lowest BCUT2D eigenvalue weighted by atomic mass is 9.91. The highest BCUT2D eigenvalue weighted by atomic mass is 19.4. The minimum absolute atomic E-state index is 0.0647. The van der Waals surface area contributed by atoms with Gasteiger partial charge in [0, 0.05) is 38.8 Å². The molecule has 0 spiro atoms. The van der Waals surface area contributed by atoms with E-state index in [1.54, 1.807) is 0 Å². The number of hydrogen-bond donors (Lipinski definition) is 1. The molecule has 142 valence electrons. The first-order valence-electron chi connectivity index (χ1n) is 8.45. The quantitative estimate of drug-likeness (QED) is 0.815. The number of aliphatic imine (C=N–C) groups is 1. The molecule has 26 heavy (non-hydrogen) atoms. The number of piperazine rings is 1. The summed E-state index contributed by atoms with van der Waals surface area (Å²) in [5.41, 5.74) is 3.44. The smallest absolute Gasteiger partial charge is 0.387 e. The molecule has 0 bridgehead atoms. The van der Waals surface area contributed by atoms with Crippen LogP contribution in [0.4, 0.5) is 13.2 Å². The second-order valence-corrected chi connectivity index (χ2v) is 6.77. The van der Waals surface area contributed by atoms with E-state index in [0.717, 1.165) is 37.1 Å². The molecule has 2 saturated heterocycles. The van der Waals surface area contributed by atoms with E-state index in [4.69, 9.17) is 10.5 Å². The first-order chi connectivity index (χ1) is 12.4. The van der Waals surface area contributed by atoms with Gasteiger partial charge in [-0.25, -0.2) is 9.67 Å². The summed E-state index contributed by atoms with van der Waals surface area (Å²) in [7, 11) is 0. The standard InChI is InChI=1S/C15H20F3N7O/c16-15(17,18)14(25-2-1-20-22-25)7-12(19)21-13(8-14)24-5-3-23(4-6-24)11-9-26-10-11/h1-2,8,11H,3-7,9-10H2,(H2,19,21). The van der Waals surface area contributed by atoms with Crippen LogP contribution in [0.3, 0.4) is 0 Å². The summed E-state index contributed by atoms with van der Waals surface area (Å²) in [6.45, 7) is 4.12. The number of amidine groups is 1. The summed E-state index contributed by atoms with van der Waals surface area (Å²) < 4.78 is 48.1. The minimum atomic E-state index is -4.59. The van der Waals surface area contributed by atoms with E-state index in [9.17, 15) is 13.2 Å². The Kier molecular flexibility index (Phi) is 4.14. The van der Waals surface area contributed by atoms with Crippen molar-refractivity contribution in [1.82, 2.24) is 24.8 Å². The van der Waals surface area contributed by atoms with Crippen LogP contribution in [0.2, 0.25) is 0 Å². The molecule has 0 saturated carbocycles. The van der Waals surface area contributed by atoms with Gasteiger partial charge in [-0.3, -0.25) is 4.90 Å². The van der Waals surface area contributed by atoms with E-state index in [1.165, 1.54) is 12.4 Å². The van der Waals surface area contributed by atoms with Gasteiger partial charge in [-0.05, 0) is 6.08 Å². The molecule has 0 aromatic carbocycles. The van der Waals surface area contributed by atoms with Crippen molar-refractivity contribution in [2.45, 2.75) is 24.2 Å². The van der Waals surface area contributed by atoms with Crippen molar-refractivity contribution in [2.24, 2.45) is 10.7 Å². The Morgan fingerprint density at radius 2 is 1.92 bits per heavy atom. The van der Waals surface area contributed by atoms with Crippen molar-refractivity contribution in [3.8, 4) is 0 Å². The Balaban J connectivity index is 1.60. The molecule has 2 N–H and O–H groups in total. The molecule has 1 aromatic rings. The monoisotopic (exact) mass is 371 g/mol. The van der Waals surface area contributed by atoms with Gasteiger partial charge in [0.1, 0.15) is 11.7 Å². The van der Waals surface area contributed by atoms with Crippen LogP contribution in [-0.2, 0) is 10.3 Å². The van der Waals surface area contributed by atoms with E-state index in [1.807, 2.05) is 4.90 Å². The first kappa shape index (κ1) is 17.3. The Hall–Kier alpha value is -2.14. The molecular formula is C15H20F3N7O. The van der Waals surface area contributed by atoms with Gasteiger partial charge >= 0.3 is 6.18 Å². The first-order valence-corrected chi connectivity index (χ1v) is 8.45. The summed E-state index contributed by atoms with van der Waals surface area (Å²) >= 11 is 0. The van der Waals surface area contributed by atoms with Crippen LogP contribution >= 0.6 is 0 Å². The van der Waals surface area contributed by atoms with Crippen LogP contribution < -0.4 is 5.73 Å². The second-order valence-electron chi connectivity index (χ2n) is 6.77. The lowest BCUT2D eigenvalue weighted by Crippen LogP contribution is -2.57. The molecule has 4 rings (SSSR count). The number of allylic oxidation sites excluding steroid dienone is 1. The number of nitrogens with zero attached hydrogens (tertiary/aromatic N) is 6. The Morgan fingerprint density at radius 1 is 1.19 bits per heavy atom. The van der Waals surface area contributed by atoms with Crippen molar-refractivity contribution < 1.29 is 17.9 Å². The number of halogens is 3. The van der Waals surface area contributed by atoms with Gasteiger partial charge in [-0.15, -0.1) is 5.10 Å². The third-order valence-electron chi connectivity index (χ3n) is 5.17. The largest absolute Gasteiger partial charge is 0.417 e. The SMILES string of the molecule is NC1=NC(N2CCN(C3COC3)CC2)=CC(n2ccnn2)(C(F)(F)F)C1. The summed E-state index contributed by atoms with van der Waals surface area (Å²) in [5.74, 6) is 0.177. The van der Waals surface area contributed by atoms with Crippen molar-refractivity contribution >= 4 is 5.84 Å². The highest BCUT2D eigenvalue weighted by molar-refractivity contribution is 5.83. The van der Waals surface area contributed by atoms with E-state index < -0.39 is 18.1 Å². The maximum atomic E-state index is 14.0. The third-order valence-corrected chi connectivity index (χ3v) is 5.17. The molecule has 2 fully saturated rings. The maximum absolute atomic E-state index is 14.0. The Morgan fingerprint density at radius 3 is 2.46 bits per heavy atom. The Bertz CT molecular complexity index is 705. The number of ether oxygens (including phenoxy) is 1. The van der Waals surface area contributed by atoms with E-state index in [-0.39, 0.29) is 11.7 Å². The zero-order valence-corrected chi connectivity index (χ0v) is 14.1. The van der Waals surface area contributed by atoms with Gasteiger partial charge in [0.2, 0.25) is 0 Å². The van der Waals surface area contributed by atoms with Crippen molar-refractivity contribution in [3.63, 3.8) is 0 Å². The van der Waals surface area contributed by atoms with Crippen LogP contribution in [0.1, 0.15) is 6.42 Å². The summed E-state index contributed by atoms with van der Waals surface area (Å²) in [5, 5.41) is 7.13. The third kappa shape index (κ3) is 2.84. The van der Waals surface area contributed by atoms with Crippen molar-refractivity contribution in [3.05, 3.63) is 24.3 Å². The summed E-state index contributed by atoms with van der Waals surface area (Å²) in [6, 6.07) is 0.412. The molecule has 0 aliphatic carbocycles. The number of hydrogen-bond acceptors (Lipinski definition) is 7. The molecule has 8 nitrogen and oxygen atoms in total. The fourth-order valence-electron chi connectivity index (χ4n) is 3.55. The van der Waals surface area contributed by atoms with E-state index >= 15 is 0 Å². The van der Waals surface area contributed by atoms with Gasteiger partial charge in [0.05, 0.1) is 25.5 Å². The predicted molar refractivity (Wildman–Crippen MR) is 86.1 cm³/mol. The maximum Gasteiger partial charge on any atom is 0.417 e. The van der Waals surface area contributed by atoms with E-state index in [0.29, 0.717) is 19.1 Å². The lowest BCUT2D eigenvalue weighted by Gasteiger charge is -2.44. The minimum Gasteiger partial charge on any atom is -0.387 e. The van der Waals surface area contributed by atoms with E-state index in [2.05, 4.69) is 20.2 Å². The van der Waals surface area contributed by atoms with Gasteiger partial charge in [0.15, 0.2) is 5.54 Å².